The second kappa shape index (κ2) is 7.17. The zero-order chi connectivity index (χ0) is 19.0. The molecule has 0 atom stereocenters. The molecule has 7 heteroatoms. The van der Waals surface area contributed by atoms with Gasteiger partial charge in [0, 0.05) is 0 Å². The molecule has 0 amide bonds. The van der Waals surface area contributed by atoms with Crippen molar-refractivity contribution in [3.05, 3.63) is 24.3 Å². The molecule has 0 unspecified atom stereocenters. The van der Waals surface area contributed by atoms with Crippen LogP contribution in [0.2, 0.25) is 0 Å². The first kappa shape index (κ1) is 20.7. The number of hydrogen-bond acceptors (Lipinski definition) is 5. The third-order valence-electron chi connectivity index (χ3n) is 4.43. The summed E-state index contributed by atoms with van der Waals surface area (Å²) < 4.78 is 36.5. The quantitative estimate of drug-likeness (QED) is 0.567. The molecule has 0 aliphatic carbocycles. The summed E-state index contributed by atoms with van der Waals surface area (Å²) in [5.41, 5.74) is 0.0864. The van der Waals surface area contributed by atoms with Crippen molar-refractivity contribution < 1.29 is 22.9 Å². The molecule has 1 saturated heterocycles. The lowest BCUT2D eigenvalue weighted by molar-refractivity contribution is 0.00578. The van der Waals surface area contributed by atoms with Gasteiger partial charge >= 0.3 is 14.7 Å². The fraction of sp³-hybridized carbons (Fsp3) is 0.667. The van der Waals surface area contributed by atoms with Gasteiger partial charge in [-0.1, -0.05) is 12.1 Å². The van der Waals surface area contributed by atoms with Crippen LogP contribution in [-0.4, -0.2) is 30.5 Å². The highest BCUT2D eigenvalue weighted by atomic mass is 31.2. The molecule has 1 aromatic carbocycles. The van der Waals surface area contributed by atoms with Gasteiger partial charge in [0.05, 0.1) is 28.7 Å². The van der Waals surface area contributed by atoms with Crippen molar-refractivity contribution in [2.24, 2.45) is 0 Å². The fourth-order valence-electron chi connectivity index (χ4n) is 2.49. The van der Waals surface area contributed by atoms with Crippen molar-refractivity contribution >= 4 is 25.5 Å². The average molecular weight is 368 g/mol. The highest BCUT2D eigenvalue weighted by molar-refractivity contribution is 7.62. The number of rotatable bonds is 6. The smallest absolute Gasteiger partial charge is 0.399 e. The first-order valence-corrected chi connectivity index (χ1v) is 10.3. The Morgan fingerprint density at radius 3 is 1.64 bits per heavy atom. The molecule has 1 fully saturated rings. The van der Waals surface area contributed by atoms with E-state index in [1.807, 2.05) is 67.5 Å². The van der Waals surface area contributed by atoms with Crippen molar-refractivity contribution in [2.45, 2.75) is 78.8 Å². The minimum Gasteiger partial charge on any atom is -0.399 e. The lowest BCUT2D eigenvalue weighted by Crippen LogP contribution is -2.41. The molecule has 1 aromatic rings. The van der Waals surface area contributed by atoms with E-state index in [9.17, 15) is 4.57 Å². The van der Waals surface area contributed by atoms with Crippen LogP contribution in [0.5, 0.6) is 0 Å². The molecule has 1 heterocycles. The summed E-state index contributed by atoms with van der Waals surface area (Å²) in [6.45, 7) is 15.4. The Hall–Kier alpha value is -0.645. The van der Waals surface area contributed by atoms with E-state index in [0.717, 1.165) is 5.46 Å². The highest BCUT2D eigenvalue weighted by Crippen LogP contribution is 2.49. The van der Waals surface area contributed by atoms with Gasteiger partial charge < -0.3 is 18.4 Å². The predicted octanol–water partition coefficient (Wildman–Crippen LogP) is 3.65. The fourth-order valence-corrected chi connectivity index (χ4v) is 4.41. The van der Waals surface area contributed by atoms with Crippen LogP contribution in [0.4, 0.5) is 0 Å². The van der Waals surface area contributed by atoms with Gasteiger partial charge in [0.2, 0.25) is 0 Å². The van der Waals surface area contributed by atoms with E-state index in [-0.39, 0.29) is 12.2 Å². The van der Waals surface area contributed by atoms with Gasteiger partial charge in [-0.05, 0) is 73.0 Å². The van der Waals surface area contributed by atoms with E-state index >= 15 is 0 Å². The molecular formula is C18H30BO5P. The molecule has 0 radical (unpaired) electrons. The van der Waals surface area contributed by atoms with Crippen LogP contribution in [0.15, 0.2) is 24.3 Å². The van der Waals surface area contributed by atoms with E-state index in [1.54, 1.807) is 12.1 Å². The zero-order valence-corrected chi connectivity index (χ0v) is 17.4. The van der Waals surface area contributed by atoms with E-state index in [0.29, 0.717) is 5.30 Å². The van der Waals surface area contributed by atoms with E-state index in [2.05, 4.69) is 0 Å². The van der Waals surface area contributed by atoms with Crippen LogP contribution < -0.4 is 10.8 Å². The Labute approximate surface area is 152 Å². The van der Waals surface area contributed by atoms with Crippen molar-refractivity contribution in [3.63, 3.8) is 0 Å². The molecule has 1 aliphatic rings. The molecule has 25 heavy (non-hydrogen) atoms. The van der Waals surface area contributed by atoms with Gasteiger partial charge in [-0.15, -0.1) is 0 Å². The second-order valence-electron chi connectivity index (χ2n) is 7.99. The van der Waals surface area contributed by atoms with Gasteiger partial charge in [-0.3, -0.25) is 4.57 Å². The first-order valence-electron chi connectivity index (χ1n) is 8.79. The monoisotopic (exact) mass is 368 g/mol. The Bertz CT molecular complexity index is 609. The van der Waals surface area contributed by atoms with Crippen LogP contribution >= 0.6 is 7.60 Å². The van der Waals surface area contributed by atoms with Gasteiger partial charge in [0.15, 0.2) is 0 Å². The maximum atomic E-state index is 13.2. The van der Waals surface area contributed by atoms with Crippen molar-refractivity contribution in [3.8, 4) is 0 Å². The normalized spacial score (nSPS) is 19.8. The van der Waals surface area contributed by atoms with Gasteiger partial charge in [0.1, 0.15) is 0 Å². The van der Waals surface area contributed by atoms with Crippen LogP contribution in [0.25, 0.3) is 0 Å². The summed E-state index contributed by atoms with van der Waals surface area (Å²) in [4.78, 5) is 0. The average Bonchev–Trinajstić information content (AvgIpc) is 2.66. The molecule has 0 N–H and O–H groups in total. The summed E-state index contributed by atoms with van der Waals surface area (Å²) in [7, 11) is -3.82. The predicted molar refractivity (Wildman–Crippen MR) is 102 cm³/mol. The number of benzene rings is 1. The maximum absolute atomic E-state index is 13.2. The van der Waals surface area contributed by atoms with E-state index in [4.69, 9.17) is 18.4 Å². The molecular weight excluding hydrogens is 338 g/mol. The molecule has 0 bridgehead atoms. The van der Waals surface area contributed by atoms with E-state index < -0.39 is 25.9 Å². The minimum absolute atomic E-state index is 0.202. The Balaban J connectivity index is 2.25. The summed E-state index contributed by atoms with van der Waals surface area (Å²) in [5, 5.41) is 0.537. The van der Waals surface area contributed by atoms with Crippen molar-refractivity contribution in [2.75, 3.05) is 0 Å². The third-order valence-corrected chi connectivity index (χ3v) is 6.76. The minimum atomic E-state index is -3.37. The van der Waals surface area contributed by atoms with Crippen LogP contribution in [0.1, 0.15) is 55.4 Å². The molecule has 5 nitrogen and oxygen atoms in total. The zero-order valence-electron chi connectivity index (χ0n) is 16.5. The molecule has 0 spiro atoms. The summed E-state index contributed by atoms with van der Waals surface area (Å²) in [5.74, 6) is 0. The largest absolute Gasteiger partial charge is 0.494 e. The molecule has 2 rings (SSSR count). The van der Waals surface area contributed by atoms with Crippen LogP contribution in [0, 0.1) is 0 Å². The Morgan fingerprint density at radius 1 is 0.880 bits per heavy atom. The van der Waals surface area contributed by atoms with Crippen molar-refractivity contribution in [1.82, 2.24) is 0 Å². The van der Waals surface area contributed by atoms with Crippen molar-refractivity contribution in [1.29, 1.82) is 0 Å². The Kier molecular flexibility index (Phi) is 5.92. The van der Waals surface area contributed by atoms with Gasteiger partial charge in [0.25, 0.3) is 0 Å². The second-order valence-corrected chi connectivity index (χ2v) is 9.92. The topological polar surface area (TPSA) is 54.0 Å². The maximum Gasteiger partial charge on any atom is 0.494 e. The molecule has 140 valence electrons. The van der Waals surface area contributed by atoms with Gasteiger partial charge in [-0.25, -0.2) is 0 Å². The lowest BCUT2D eigenvalue weighted by Gasteiger charge is -2.32. The Morgan fingerprint density at radius 2 is 1.28 bits per heavy atom. The lowest BCUT2D eigenvalue weighted by atomic mass is 9.79. The highest BCUT2D eigenvalue weighted by Gasteiger charge is 2.51. The molecule has 1 aliphatic heterocycles. The molecule has 0 aromatic heterocycles. The SMILES string of the molecule is CC(C)OP(=O)(OC(C)C)c1ccc(B2OC(C)(C)C(C)(C)O2)cc1. The van der Waals surface area contributed by atoms with E-state index in [1.165, 1.54) is 0 Å². The van der Waals surface area contributed by atoms with Crippen LogP contribution in [-0.2, 0) is 22.9 Å². The van der Waals surface area contributed by atoms with Crippen LogP contribution in [0.3, 0.4) is 0 Å². The van der Waals surface area contributed by atoms with Gasteiger partial charge in [-0.2, -0.15) is 0 Å². The summed E-state index contributed by atoms with van der Waals surface area (Å²) in [6, 6.07) is 7.26. The standard InChI is InChI=1S/C18H30BO5P/c1-13(2)21-25(20,22-14(3)4)16-11-9-15(10-12-16)19-23-17(5,6)18(7,8)24-19/h9-14H,1-8H3. The third kappa shape index (κ3) is 4.56. The summed E-state index contributed by atoms with van der Waals surface area (Å²) in [6.07, 6.45) is -0.403. The molecule has 0 saturated carbocycles. The number of hydrogen-bond donors (Lipinski definition) is 0. The summed E-state index contributed by atoms with van der Waals surface area (Å²) >= 11 is 0. The first-order chi connectivity index (χ1) is 11.4.